The molecule has 2 fully saturated rings. The molecule has 0 bridgehead atoms. The number of aliphatic hydroxyl groups is 1. The van der Waals surface area contributed by atoms with Gasteiger partial charge in [0.25, 0.3) is 0 Å². The van der Waals surface area contributed by atoms with E-state index in [9.17, 15) is 9.90 Å². The molecule has 2 aliphatic rings. The van der Waals surface area contributed by atoms with Gasteiger partial charge in [-0.1, -0.05) is 13.8 Å². The molecule has 25 heavy (non-hydrogen) atoms. The van der Waals surface area contributed by atoms with E-state index < -0.39 is 35.2 Å². The summed E-state index contributed by atoms with van der Waals surface area (Å²) in [7, 11) is 0. The van der Waals surface area contributed by atoms with E-state index in [0.29, 0.717) is 5.88 Å². The summed E-state index contributed by atoms with van der Waals surface area (Å²) >= 11 is 5.82. The first-order valence-corrected chi connectivity index (χ1v) is 9.42. The maximum atomic E-state index is 12.0. The zero-order chi connectivity index (χ0) is 18.8. The standard InChI is InChI=1S/C18H31ClO6/c1-17(2,3)16(21)22-9-11-13-14(24-10-23-11)15(20)18(4,5)12(25-13)7-6-8-19/h11-15,20H,6-10H2,1-5H3/t11-,12-,13-,14+,15-/m1/s1. The normalized spacial score (nSPS) is 35.1. The van der Waals surface area contributed by atoms with Gasteiger partial charge in [0.1, 0.15) is 31.7 Å². The van der Waals surface area contributed by atoms with E-state index in [2.05, 4.69) is 0 Å². The van der Waals surface area contributed by atoms with Crippen molar-refractivity contribution in [2.45, 2.75) is 78.0 Å². The zero-order valence-electron chi connectivity index (χ0n) is 15.8. The lowest BCUT2D eigenvalue weighted by atomic mass is 9.72. The van der Waals surface area contributed by atoms with Gasteiger partial charge in [-0.3, -0.25) is 4.79 Å². The highest BCUT2D eigenvalue weighted by Gasteiger charge is 2.54. The number of carbonyl (C=O) groups is 1. The lowest BCUT2D eigenvalue weighted by Crippen LogP contribution is -2.65. The Hall–Kier alpha value is -0.400. The van der Waals surface area contributed by atoms with Gasteiger partial charge >= 0.3 is 5.97 Å². The maximum absolute atomic E-state index is 12.0. The molecule has 2 aliphatic heterocycles. The molecule has 0 aromatic rings. The summed E-state index contributed by atoms with van der Waals surface area (Å²) in [6, 6.07) is 0. The molecule has 0 amide bonds. The monoisotopic (exact) mass is 378 g/mol. The second-order valence-electron chi connectivity index (χ2n) is 8.49. The van der Waals surface area contributed by atoms with Crippen LogP contribution in [-0.2, 0) is 23.7 Å². The van der Waals surface area contributed by atoms with Gasteiger partial charge in [0.05, 0.1) is 17.6 Å². The van der Waals surface area contributed by atoms with E-state index in [1.54, 1.807) is 20.8 Å². The summed E-state index contributed by atoms with van der Waals surface area (Å²) in [6.45, 7) is 9.47. The van der Waals surface area contributed by atoms with Crippen LogP contribution >= 0.6 is 11.6 Å². The molecule has 2 saturated heterocycles. The lowest BCUT2D eigenvalue weighted by Gasteiger charge is -2.53. The van der Waals surface area contributed by atoms with Gasteiger partial charge in [-0.25, -0.2) is 0 Å². The molecule has 0 saturated carbocycles. The van der Waals surface area contributed by atoms with Gasteiger partial charge < -0.3 is 24.1 Å². The van der Waals surface area contributed by atoms with Crippen molar-refractivity contribution in [1.29, 1.82) is 0 Å². The summed E-state index contributed by atoms with van der Waals surface area (Å²) < 4.78 is 22.9. The number of alkyl halides is 1. The molecule has 5 atom stereocenters. The van der Waals surface area contributed by atoms with E-state index in [1.807, 2.05) is 13.8 Å². The predicted molar refractivity (Wildman–Crippen MR) is 93.4 cm³/mol. The Morgan fingerprint density at radius 3 is 2.56 bits per heavy atom. The molecule has 0 aromatic carbocycles. The lowest BCUT2D eigenvalue weighted by molar-refractivity contribution is -0.327. The van der Waals surface area contributed by atoms with Crippen LogP contribution in [0.2, 0.25) is 0 Å². The van der Waals surface area contributed by atoms with Crippen LogP contribution in [0.1, 0.15) is 47.5 Å². The number of hydrogen-bond donors (Lipinski definition) is 1. The molecular weight excluding hydrogens is 348 g/mol. The third-order valence-corrected chi connectivity index (χ3v) is 5.32. The number of halogens is 1. The summed E-state index contributed by atoms with van der Waals surface area (Å²) in [5.74, 6) is 0.245. The van der Waals surface area contributed by atoms with Crippen molar-refractivity contribution in [2.75, 3.05) is 19.3 Å². The van der Waals surface area contributed by atoms with Crippen molar-refractivity contribution in [2.24, 2.45) is 10.8 Å². The van der Waals surface area contributed by atoms with Crippen LogP contribution in [0, 0.1) is 10.8 Å². The van der Waals surface area contributed by atoms with E-state index in [-0.39, 0.29) is 25.5 Å². The summed E-state index contributed by atoms with van der Waals surface area (Å²) in [6.07, 6.45) is -0.783. The largest absolute Gasteiger partial charge is 0.462 e. The van der Waals surface area contributed by atoms with Gasteiger partial charge in [-0.2, -0.15) is 0 Å². The van der Waals surface area contributed by atoms with Crippen LogP contribution in [-0.4, -0.2) is 60.9 Å². The van der Waals surface area contributed by atoms with Crippen molar-refractivity contribution in [3.63, 3.8) is 0 Å². The summed E-state index contributed by atoms with van der Waals surface area (Å²) in [5, 5.41) is 10.8. The average molecular weight is 379 g/mol. The number of rotatable bonds is 5. The Balaban J connectivity index is 2.08. The summed E-state index contributed by atoms with van der Waals surface area (Å²) in [4.78, 5) is 12.0. The fraction of sp³-hybridized carbons (Fsp3) is 0.944. The van der Waals surface area contributed by atoms with E-state index >= 15 is 0 Å². The minimum Gasteiger partial charge on any atom is -0.462 e. The minimum absolute atomic E-state index is 0.0434. The van der Waals surface area contributed by atoms with Crippen LogP contribution in [0.5, 0.6) is 0 Å². The Kier molecular flexibility index (Phi) is 6.77. The average Bonchev–Trinajstić information content (AvgIpc) is 2.54. The quantitative estimate of drug-likeness (QED) is 0.585. The van der Waals surface area contributed by atoms with Crippen molar-refractivity contribution >= 4 is 17.6 Å². The second-order valence-corrected chi connectivity index (χ2v) is 8.87. The molecule has 146 valence electrons. The number of hydrogen-bond acceptors (Lipinski definition) is 6. The molecule has 0 spiro atoms. The van der Waals surface area contributed by atoms with E-state index in [4.69, 9.17) is 30.5 Å². The van der Waals surface area contributed by atoms with Crippen molar-refractivity contribution in [1.82, 2.24) is 0 Å². The van der Waals surface area contributed by atoms with Crippen LogP contribution in [0.15, 0.2) is 0 Å². The smallest absolute Gasteiger partial charge is 0.311 e. The van der Waals surface area contributed by atoms with Crippen LogP contribution in [0.4, 0.5) is 0 Å². The number of carbonyl (C=O) groups excluding carboxylic acids is 1. The second kappa shape index (κ2) is 8.09. The number of fused-ring (bicyclic) bond motifs is 1. The van der Waals surface area contributed by atoms with Crippen molar-refractivity contribution in [3.8, 4) is 0 Å². The number of ether oxygens (including phenoxy) is 4. The van der Waals surface area contributed by atoms with Crippen LogP contribution in [0.25, 0.3) is 0 Å². The number of esters is 1. The molecular formula is C18H31ClO6. The summed E-state index contributed by atoms with van der Waals surface area (Å²) in [5.41, 5.74) is -1.04. The fourth-order valence-electron chi connectivity index (χ4n) is 3.24. The maximum Gasteiger partial charge on any atom is 0.311 e. The minimum atomic E-state index is -0.698. The highest BCUT2D eigenvalue weighted by atomic mass is 35.5. The number of aliphatic hydroxyl groups excluding tert-OH is 1. The third kappa shape index (κ3) is 4.66. The van der Waals surface area contributed by atoms with Crippen molar-refractivity contribution in [3.05, 3.63) is 0 Å². The predicted octanol–water partition coefficient (Wildman–Crippen LogP) is 2.49. The molecule has 0 radical (unpaired) electrons. The SMILES string of the molecule is CC(C)(C)C(=O)OC[C@H]1OCO[C@H]2[C@@H]1O[C@H](CCCCl)C(C)(C)[C@@H]2O. The highest BCUT2D eigenvalue weighted by molar-refractivity contribution is 6.17. The first-order chi connectivity index (χ1) is 11.6. The Morgan fingerprint density at radius 1 is 1.28 bits per heavy atom. The van der Waals surface area contributed by atoms with Crippen LogP contribution < -0.4 is 0 Å². The molecule has 7 heteroatoms. The van der Waals surface area contributed by atoms with Gasteiger partial charge in [-0.15, -0.1) is 11.6 Å². The Bertz CT molecular complexity index is 461. The van der Waals surface area contributed by atoms with Gasteiger partial charge in [0.2, 0.25) is 0 Å². The van der Waals surface area contributed by atoms with Crippen molar-refractivity contribution < 1.29 is 28.8 Å². The molecule has 0 aliphatic carbocycles. The van der Waals surface area contributed by atoms with Gasteiger partial charge in [0.15, 0.2) is 0 Å². The molecule has 6 nitrogen and oxygen atoms in total. The molecule has 1 N–H and O–H groups in total. The van der Waals surface area contributed by atoms with E-state index in [1.165, 1.54) is 0 Å². The Morgan fingerprint density at radius 2 is 1.96 bits per heavy atom. The molecule has 0 aromatic heterocycles. The Labute approximate surface area is 155 Å². The topological polar surface area (TPSA) is 74.2 Å². The van der Waals surface area contributed by atoms with Crippen LogP contribution in [0.3, 0.4) is 0 Å². The first-order valence-electron chi connectivity index (χ1n) is 8.89. The van der Waals surface area contributed by atoms with E-state index in [0.717, 1.165) is 12.8 Å². The zero-order valence-corrected chi connectivity index (χ0v) is 16.5. The van der Waals surface area contributed by atoms with Gasteiger partial charge in [0, 0.05) is 11.3 Å². The highest BCUT2D eigenvalue weighted by Crippen LogP contribution is 2.42. The molecule has 0 unspecified atom stereocenters. The first kappa shape index (κ1) is 20.9. The molecule has 2 rings (SSSR count). The fourth-order valence-corrected chi connectivity index (χ4v) is 3.40. The molecule has 2 heterocycles. The third-order valence-electron chi connectivity index (χ3n) is 5.05. The van der Waals surface area contributed by atoms with Gasteiger partial charge in [-0.05, 0) is 33.6 Å².